The lowest BCUT2D eigenvalue weighted by Gasteiger charge is -2.16. The van der Waals surface area contributed by atoms with E-state index in [4.69, 9.17) is 0 Å². The van der Waals surface area contributed by atoms with Crippen molar-refractivity contribution in [3.8, 4) is 5.69 Å². The van der Waals surface area contributed by atoms with Crippen molar-refractivity contribution in [1.29, 1.82) is 0 Å². The molecule has 1 aromatic heterocycles. The highest BCUT2D eigenvalue weighted by Gasteiger charge is 2.29. The molecule has 7 heteroatoms. The van der Waals surface area contributed by atoms with E-state index < -0.39 is 0 Å². The summed E-state index contributed by atoms with van der Waals surface area (Å²) in [6, 6.07) is 14.9. The second kappa shape index (κ2) is 8.75. The van der Waals surface area contributed by atoms with E-state index in [1.165, 1.54) is 0 Å². The summed E-state index contributed by atoms with van der Waals surface area (Å²) in [5.74, 6) is 0.126. The van der Waals surface area contributed by atoms with Crippen molar-refractivity contribution in [3.63, 3.8) is 0 Å². The molecule has 1 aliphatic rings. The Balaban J connectivity index is 1.42. The number of hydrogen-bond acceptors (Lipinski definition) is 4. The first kappa shape index (κ1) is 20.2. The third-order valence-corrected chi connectivity index (χ3v) is 5.82. The number of nitrogens with one attached hydrogen (secondary N) is 2. The number of imidazole rings is 1. The van der Waals surface area contributed by atoms with Crippen molar-refractivity contribution in [2.75, 3.05) is 11.6 Å². The third-order valence-electron chi connectivity index (χ3n) is 5.15. The van der Waals surface area contributed by atoms with E-state index in [2.05, 4.69) is 15.6 Å². The van der Waals surface area contributed by atoms with Crippen molar-refractivity contribution in [1.82, 2.24) is 14.9 Å². The summed E-state index contributed by atoms with van der Waals surface area (Å²) < 4.78 is 1.96. The summed E-state index contributed by atoms with van der Waals surface area (Å²) in [4.78, 5) is 29.0. The van der Waals surface area contributed by atoms with E-state index in [1.54, 1.807) is 24.0 Å². The number of thioether (sulfide) groups is 1. The average molecular weight is 421 g/mol. The second-order valence-corrected chi connectivity index (χ2v) is 8.19. The fourth-order valence-corrected chi connectivity index (χ4v) is 3.77. The van der Waals surface area contributed by atoms with E-state index in [1.807, 2.05) is 66.4 Å². The van der Waals surface area contributed by atoms with Gasteiger partial charge < -0.3 is 10.6 Å². The van der Waals surface area contributed by atoms with E-state index >= 15 is 0 Å². The molecule has 1 aliphatic carbocycles. The standard InChI is InChI=1S/C23H24N4O2S/c1-15(16-8-10-19(11-9-16)26-21(28)17-6-7-17)25-22(29)18-4-3-5-20(14-18)27-13-12-24-23(27)30-2/h3-5,8-15,17H,6-7H2,1-2H3,(H,25,29)(H,26,28)/t15-/m0/s1. The van der Waals surface area contributed by atoms with Gasteiger partial charge >= 0.3 is 0 Å². The quantitative estimate of drug-likeness (QED) is 0.554. The molecule has 0 unspecified atom stereocenters. The van der Waals surface area contributed by atoms with Gasteiger partial charge in [0, 0.05) is 35.2 Å². The lowest BCUT2D eigenvalue weighted by atomic mass is 10.1. The Morgan fingerprint density at radius 1 is 1.17 bits per heavy atom. The average Bonchev–Trinajstić information content (AvgIpc) is 3.51. The van der Waals surface area contributed by atoms with E-state index in [9.17, 15) is 9.59 Å². The van der Waals surface area contributed by atoms with Gasteiger partial charge in [-0.15, -0.1) is 0 Å². The number of rotatable bonds is 7. The number of hydrogen-bond donors (Lipinski definition) is 2. The van der Waals surface area contributed by atoms with Crippen LogP contribution in [-0.4, -0.2) is 27.6 Å². The van der Waals surface area contributed by atoms with Crippen molar-refractivity contribution in [2.45, 2.75) is 31.0 Å². The van der Waals surface area contributed by atoms with Crippen LogP contribution < -0.4 is 10.6 Å². The largest absolute Gasteiger partial charge is 0.346 e. The molecule has 2 aromatic carbocycles. The molecule has 2 amide bonds. The normalized spacial score (nSPS) is 14.2. The van der Waals surface area contributed by atoms with Gasteiger partial charge in [0.05, 0.1) is 6.04 Å². The Morgan fingerprint density at radius 2 is 1.93 bits per heavy atom. The van der Waals surface area contributed by atoms with E-state index in [0.717, 1.165) is 34.9 Å². The zero-order valence-electron chi connectivity index (χ0n) is 17.0. The van der Waals surface area contributed by atoms with Gasteiger partial charge in [-0.2, -0.15) is 0 Å². The van der Waals surface area contributed by atoms with Crippen LogP contribution in [0.25, 0.3) is 5.69 Å². The highest BCUT2D eigenvalue weighted by Crippen LogP contribution is 2.30. The molecule has 2 N–H and O–H groups in total. The van der Waals surface area contributed by atoms with Crippen LogP contribution in [0.5, 0.6) is 0 Å². The zero-order valence-corrected chi connectivity index (χ0v) is 17.8. The molecule has 4 rings (SSSR count). The number of anilines is 1. The highest BCUT2D eigenvalue weighted by atomic mass is 32.2. The molecule has 0 radical (unpaired) electrons. The summed E-state index contributed by atoms with van der Waals surface area (Å²) in [7, 11) is 0. The Kier molecular flexibility index (Phi) is 5.90. The van der Waals surface area contributed by atoms with Gasteiger partial charge in [-0.1, -0.05) is 30.0 Å². The van der Waals surface area contributed by atoms with Gasteiger partial charge in [-0.25, -0.2) is 4.98 Å². The molecule has 0 spiro atoms. The van der Waals surface area contributed by atoms with Gasteiger partial charge in [-0.05, 0) is 61.9 Å². The van der Waals surface area contributed by atoms with Crippen LogP contribution in [0.15, 0.2) is 66.1 Å². The van der Waals surface area contributed by atoms with Crippen LogP contribution in [0.3, 0.4) is 0 Å². The molecule has 0 aliphatic heterocycles. The minimum absolute atomic E-state index is 0.0894. The van der Waals surface area contributed by atoms with E-state index in [0.29, 0.717) is 5.56 Å². The van der Waals surface area contributed by atoms with Gasteiger partial charge in [-0.3, -0.25) is 14.2 Å². The second-order valence-electron chi connectivity index (χ2n) is 7.41. The number of carbonyl (C=O) groups excluding carboxylic acids is 2. The molecule has 3 aromatic rings. The third kappa shape index (κ3) is 4.57. The minimum Gasteiger partial charge on any atom is -0.346 e. The Bertz CT molecular complexity index is 1060. The monoisotopic (exact) mass is 420 g/mol. The summed E-state index contributed by atoms with van der Waals surface area (Å²) in [5, 5.41) is 6.85. The van der Waals surface area contributed by atoms with E-state index in [-0.39, 0.29) is 23.8 Å². The minimum atomic E-state index is -0.163. The van der Waals surface area contributed by atoms with Crippen molar-refractivity contribution in [2.24, 2.45) is 5.92 Å². The van der Waals surface area contributed by atoms with Gasteiger partial charge in [0.1, 0.15) is 0 Å². The van der Waals surface area contributed by atoms with Crippen LogP contribution in [0.1, 0.15) is 41.7 Å². The van der Waals surface area contributed by atoms with Crippen molar-refractivity contribution in [3.05, 3.63) is 72.1 Å². The van der Waals surface area contributed by atoms with Crippen LogP contribution in [0, 0.1) is 5.92 Å². The van der Waals surface area contributed by atoms with Gasteiger partial charge in [0.2, 0.25) is 5.91 Å². The van der Waals surface area contributed by atoms with Crippen LogP contribution in [-0.2, 0) is 4.79 Å². The van der Waals surface area contributed by atoms with Crippen LogP contribution in [0.2, 0.25) is 0 Å². The maximum absolute atomic E-state index is 12.8. The summed E-state index contributed by atoms with van der Waals surface area (Å²) in [6.45, 7) is 1.95. The van der Waals surface area contributed by atoms with Gasteiger partial charge in [0.15, 0.2) is 5.16 Å². The molecule has 1 saturated carbocycles. The predicted octanol–water partition coefficient (Wildman–Crippen LogP) is 4.43. The number of amides is 2. The van der Waals surface area contributed by atoms with Crippen molar-refractivity contribution < 1.29 is 9.59 Å². The first-order valence-corrected chi connectivity index (χ1v) is 11.2. The Hall–Kier alpha value is -3.06. The van der Waals surface area contributed by atoms with Crippen LogP contribution >= 0.6 is 11.8 Å². The Morgan fingerprint density at radius 3 is 2.63 bits per heavy atom. The number of carbonyl (C=O) groups is 2. The smallest absolute Gasteiger partial charge is 0.251 e. The molecule has 1 atom stereocenters. The number of nitrogens with zero attached hydrogens (tertiary/aromatic N) is 2. The molecule has 30 heavy (non-hydrogen) atoms. The highest BCUT2D eigenvalue weighted by molar-refractivity contribution is 7.98. The number of benzene rings is 2. The molecule has 1 heterocycles. The summed E-state index contributed by atoms with van der Waals surface area (Å²) in [5.41, 5.74) is 3.25. The lowest BCUT2D eigenvalue weighted by molar-refractivity contribution is -0.117. The summed E-state index contributed by atoms with van der Waals surface area (Å²) in [6.07, 6.45) is 7.56. The molecule has 0 bridgehead atoms. The maximum atomic E-state index is 12.8. The molecular weight excluding hydrogens is 396 g/mol. The topological polar surface area (TPSA) is 76.0 Å². The molecule has 6 nitrogen and oxygen atoms in total. The lowest BCUT2D eigenvalue weighted by Crippen LogP contribution is -2.26. The first-order valence-electron chi connectivity index (χ1n) is 9.94. The molecule has 1 fully saturated rings. The molecular formula is C23H24N4O2S. The molecule has 154 valence electrons. The van der Waals surface area contributed by atoms with Gasteiger partial charge in [0.25, 0.3) is 5.91 Å². The molecule has 0 saturated heterocycles. The summed E-state index contributed by atoms with van der Waals surface area (Å²) >= 11 is 1.55. The first-order chi connectivity index (χ1) is 14.5. The predicted molar refractivity (Wildman–Crippen MR) is 119 cm³/mol. The fraction of sp³-hybridized carbons (Fsp3) is 0.261. The number of aromatic nitrogens is 2. The van der Waals surface area contributed by atoms with Crippen LogP contribution in [0.4, 0.5) is 5.69 Å². The van der Waals surface area contributed by atoms with Crippen molar-refractivity contribution >= 4 is 29.3 Å². The zero-order chi connectivity index (χ0) is 21.1. The maximum Gasteiger partial charge on any atom is 0.251 e. The Labute approximate surface area is 180 Å². The fourth-order valence-electron chi connectivity index (χ4n) is 3.24. The SMILES string of the molecule is CSc1nccn1-c1cccc(C(=O)N[C@@H](C)c2ccc(NC(=O)C3CC3)cc2)c1.